The fourth-order valence-electron chi connectivity index (χ4n) is 3.98. The molecule has 1 saturated heterocycles. The molecule has 3 aromatic rings. The predicted octanol–water partition coefficient (Wildman–Crippen LogP) is 2.71. The molecule has 4 rings (SSSR count). The van der Waals surface area contributed by atoms with Gasteiger partial charge in [0.25, 0.3) is 0 Å². The number of aromatic nitrogens is 2. The highest BCUT2D eigenvalue weighted by molar-refractivity contribution is 5.81. The van der Waals surface area contributed by atoms with Crippen LogP contribution in [0.3, 0.4) is 0 Å². The number of hydrogen-bond acceptors (Lipinski definition) is 3. The van der Waals surface area contributed by atoms with Crippen LogP contribution in [0.5, 0.6) is 5.75 Å². The Hall–Kier alpha value is -3.02. The number of hydrogen-bond donors (Lipinski definition) is 0. The zero-order valence-corrected chi connectivity index (χ0v) is 15.6. The van der Waals surface area contributed by atoms with Gasteiger partial charge in [-0.15, -0.1) is 0 Å². The van der Waals surface area contributed by atoms with Gasteiger partial charge in [0, 0.05) is 13.6 Å². The SMILES string of the molecule is COc1ccc(C2CCCN2C(=O)Cn2c(=O)n(C)c3ccccc32)cc1. The molecule has 0 bridgehead atoms. The van der Waals surface area contributed by atoms with Crippen molar-refractivity contribution in [1.29, 1.82) is 0 Å². The summed E-state index contributed by atoms with van der Waals surface area (Å²) >= 11 is 0. The monoisotopic (exact) mass is 365 g/mol. The van der Waals surface area contributed by atoms with E-state index in [9.17, 15) is 9.59 Å². The van der Waals surface area contributed by atoms with Gasteiger partial charge in [0.2, 0.25) is 5.91 Å². The summed E-state index contributed by atoms with van der Waals surface area (Å²) in [5, 5.41) is 0. The number of carbonyl (C=O) groups is 1. The van der Waals surface area contributed by atoms with Crippen molar-refractivity contribution in [3.8, 4) is 5.75 Å². The van der Waals surface area contributed by atoms with Gasteiger partial charge in [0.05, 0.1) is 24.2 Å². The fraction of sp³-hybridized carbons (Fsp3) is 0.333. The fourth-order valence-corrected chi connectivity index (χ4v) is 3.98. The molecular weight excluding hydrogens is 342 g/mol. The lowest BCUT2D eigenvalue weighted by Crippen LogP contribution is -2.36. The van der Waals surface area contributed by atoms with Crippen LogP contribution in [-0.4, -0.2) is 33.6 Å². The van der Waals surface area contributed by atoms with Crippen molar-refractivity contribution in [2.75, 3.05) is 13.7 Å². The van der Waals surface area contributed by atoms with Crippen LogP contribution in [0.2, 0.25) is 0 Å². The lowest BCUT2D eigenvalue weighted by Gasteiger charge is -2.25. The van der Waals surface area contributed by atoms with E-state index in [1.54, 1.807) is 23.3 Å². The highest BCUT2D eigenvalue weighted by atomic mass is 16.5. The van der Waals surface area contributed by atoms with Crippen molar-refractivity contribution in [2.45, 2.75) is 25.4 Å². The lowest BCUT2D eigenvalue weighted by atomic mass is 10.0. The maximum atomic E-state index is 13.1. The Balaban J connectivity index is 1.61. The van der Waals surface area contributed by atoms with Gasteiger partial charge in [-0.25, -0.2) is 4.79 Å². The van der Waals surface area contributed by atoms with Crippen LogP contribution < -0.4 is 10.4 Å². The molecule has 2 aromatic carbocycles. The van der Waals surface area contributed by atoms with Gasteiger partial charge in [-0.3, -0.25) is 13.9 Å². The minimum Gasteiger partial charge on any atom is -0.497 e. The molecule has 0 N–H and O–H groups in total. The third-order valence-electron chi connectivity index (χ3n) is 5.42. The summed E-state index contributed by atoms with van der Waals surface area (Å²) in [5.74, 6) is 0.781. The maximum Gasteiger partial charge on any atom is 0.329 e. The van der Waals surface area contributed by atoms with Crippen molar-refractivity contribution in [1.82, 2.24) is 14.0 Å². The van der Waals surface area contributed by atoms with E-state index < -0.39 is 0 Å². The standard InChI is InChI=1S/C21H23N3O3/c1-22-18-6-3-4-7-19(18)24(21(22)26)14-20(25)23-13-5-8-17(23)15-9-11-16(27-2)12-10-15/h3-4,6-7,9-12,17H,5,8,13-14H2,1-2H3. The van der Waals surface area contributed by atoms with Gasteiger partial charge >= 0.3 is 5.69 Å². The zero-order valence-electron chi connectivity index (χ0n) is 15.6. The van der Waals surface area contributed by atoms with Crippen LogP contribution in [0.4, 0.5) is 0 Å². The topological polar surface area (TPSA) is 56.5 Å². The van der Waals surface area contributed by atoms with E-state index >= 15 is 0 Å². The van der Waals surface area contributed by atoms with Gasteiger partial charge in [-0.1, -0.05) is 24.3 Å². The molecule has 0 aliphatic carbocycles. The van der Waals surface area contributed by atoms with Crippen LogP contribution in [0, 0.1) is 0 Å². The molecule has 1 atom stereocenters. The highest BCUT2D eigenvalue weighted by Crippen LogP contribution is 2.33. The Morgan fingerprint density at radius 3 is 2.52 bits per heavy atom. The number of ether oxygens (including phenoxy) is 1. The third kappa shape index (κ3) is 3.01. The van der Waals surface area contributed by atoms with E-state index in [-0.39, 0.29) is 24.2 Å². The minimum atomic E-state index is -0.162. The lowest BCUT2D eigenvalue weighted by molar-refractivity contribution is -0.132. The molecule has 6 nitrogen and oxygen atoms in total. The average molecular weight is 365 g/mol. The molecule has 1 aliphatic heterocycles. The van der Waals surface area contributed by atoms with E-state index in [1.165, 1.54) is 0 Å². The second-order valence-electron chi connectivity index (χ2n) is 6.93. The van der Waals surface area contributed by atoms with E-state index in [0.717, 1.165) is 41.7 Å². The first kappa shape index (κ1) is 17.4. The van der Waals surface area contributed by atoms with E-state index in [0.29, 0.717) is 0 Å². The second kappa shape index (κ2) is 6.95. The van der Waals surface area contributed by atoms with Crippen molar-refractivity contribution in [3.05, 3.63) is 64.6 Å². The van der Waals surface area contributed by atoms with Crippen LogP contribution in [0.25, 0.3) is 11.0 Å². The highest BCUT2D eigenvalue weighted by Gasteiger charge is 2.30. The first-order valence-electron chi connectivity index (χ1n) is 9.18. The quantitative estimate of drug-likeness (QED) is 0.714. The molecular formula is C21H23N3O3. The molecule has 2 heterocycles. The van der Waals surface area contributed by atoms with Gasteiger partial charge in [-0.2, -0.15) is 0 Å². The number of amides is 1. The molecule has 1 aromatic heterocycles. The smallest absolute Gasteiger partial charge is 0.329 e. The molecule has 1 fully saturated rings. The molecule has 1 amide bonds. The minimum absolute atomic E-state index is 0.0215. The normalized spacial score (nSPS) is 16.8. The van der Waals surface area contributed by atoms with Crippen molar-refractivity contribution in [3.63, 3.8) is 0 Å². The average Bonchev–Trinajstić information content (AvgIpc) is 3.28. The van der Waals surface area contributed by atoms with Gasteiger partial charge in [0.1, 0.15) is 12.3 Å². The Morgan fingerprint density at radius 1 is 1.11 bits per heavy atom. The van der Waals surface area contributed by atoms with Gasteiger partial charge < -0.3 is 9.64 Å². The number of imidazole rings is 1. The van der Waals surface area contributed by atoms with Crippen LogP contribution in [0.15, 0.2) is 53.3 Å². The molecule has 0 spiro atoms. The Bertz CT molecular complexity index is 1030. The Kier molecular flexibility index (Phi) is 4.48. The first-order chi connectivity index (χ1) is 13.1. The van der Waals surface area contributed by atoms with Crippen LogP contribution in [0.1, 0.15) is 24.4 Å². The molecule has 0 radical (unpaired) electrons. The summed E-state index contributed by atoms with van der Waals surface area (Å²) in [5.41, 5.74) is 2.57. The van der Waals surface area contributed by atoms with Crippen molar-refractivity contribution >= 4 is 16.9 Å². The first-order valence-corrected chi connectivity index (χ1v) is 9.18. The predicted molar refractivity (Wildman–Crippen MR) is 104 cm³/mol. The molecule has 140 valence electrons. The number of nitrogens with zero attached hydrogens (tertiary/aromatic N) is 3. The Morgan fingerprint density at radius 2 is 1.81 bits per heavy atom. The molecule has 27 heavy (non-hydrogen) atoms. The molecule has 6 heteroatoms. The maximum absolute atomic E-state index is 13.1. The Labute approximate surface area is 157 Å². The third-order valence-corrected chi connectivity index (χ3v) is 5.42. The number of rotatable bonds is 4. The summed E-state index contributed by atoms with van der Waals surface area (Å²) in [4.78, 5) is 27.6. The summed E-state index contributed by atoms with van der Waals surface area (Å²) in [7, 11) is 3.38. The number of aryl methyl sites for hydroxylation is 1. The van der Waals surface area contributed by atoms with E-state index in [2.05, 4.69) is 0 Å². The summed E-state index contributed by atoms with van der Waals surface area (Å²) in [6, 6.07) is 15.5. The largest absolute Gasteiger partial charge is 0.497 e. The molecule has 1 aliphatic rings. The van der Waals surface area contributed by atoms with Crippen molar-refractivity contribution < 1.29 is 9.53 Å². The summed E-state index contributed by atoms with van der Waals surface area (Å²) in [6.07, 6.45) is 1.90. The van der Waals surface area contributed by atoms with Gasteiger partial charge in [-0.05, 0) is 42.7 Å². The van der Waals surface area contributed by atoms with Crippen molar-refractivity contribution in [2.24, 2.45) is 7.05 Å². The van der Waals surface area contributed by atoms with Crippen LogP contribution in [-0.2, 0) is 18.4 Å². The second-order valence-corrected chi connectivity index (χ2v) is 6.93. The number of carbonyl (C=O) groups excluding carboxylic acids is 1. The number of benzene rings is 2. The number of fused-ring (bicyclic) bond motifs is 1. The number of likely N-dealkylation sites (tertiary alicyclic amines) is 1. The van der Waals surface area contributed by atoms with Gasteiger partial charge in [0.15, 0.2) is 0 Å². The van der Waals surface area contributed by atoms with E-state index in [1.807, 2.05) is 53.4 Å². The number of para-hydroxylation sites is 2. The molecule has 1 unspecified atom stereocenters. The zero-order chi connectivity index (χ0) is 19.0. The van der Waals surface area contributed by atoms with E-state index in [4.69, 9.17) is 4.74 Å². The number of methoxy groups -OCH3 is 1. The summed E-state index contributed by atoms with van der Waals surface area (Å²) in [6.45, 7) is 0.780. The van der Waals surface area contributed by atoms with Crippen LogP contribution >= 0.6 is 0 Å². The summed E-state index contributed by atoms with van der Waals surface area (Å²) < 4.78 is 8.38. The molecule has 0 saturated carbocycles.